The van der Waals surface area contributed by atoms with Crippen molar-refractivity contribution in [3.8, 4) is 5.75 Å². The minimum Gasteiger partial charge on any atom is -0.496 e. The van der Waals surface area contributed by atoms with E-state index in [0.29, 0.717) is 18.8 Å². The van der Waals surface area contributed by atoms with Gasteiger partial charge in [-0.05, 0) is 29.7 Å². The van der Waals surface area contributed by atoms with Crippen LogP contribution < -0.4 is 4.74 Å². The van der Waals surface area contributed by atoms with Crippen LogP contribution in [0.3, 0.4) is 0 Å². The number of hydrogen-bond donors (Lipinski definition) is 1. The molecule has 4 heteroatoms. The zero-order valence-electron chi connectivity index (χ0n) is 11.9. The van der Waals surface area contributed by atoms with Crippen LogP contribution in [0.4, 0.5) is 0 Å². The fourth-order valence-electron chi connectivity index (χ4n) is 3.07. The van der Waals surface area contributed by atoms with Crippen LogP contribution in [-0.2, 0) is 9.53 Å². The first kappa shape index (κ1) is 13.9. The largest absolute Gasteiger partial charge is 0.496 e. The van der Waals surface area contributed by atoms with Gasteiger partial charge in [-0.2, -0.15) is 0 Å². The Bertz CT molecular complexity index is 665. The highest BCUT2D eigenvalue weighted by atomic mass is 16.5. The summed E-state index contributed by atoms with van der Waals surface area (Å²) in [6, 6.07) is 11.8. The van der Waals surface area contributed by atoms with Crippen LogP contribution in [0.25, 0.3) is 10.8 Å². The quantitative estimate of drug-likeness (QED) is 0.939. The normalized spacial score (nSPS) is 22.1. The Morgan fingerprint density at radius 1 is 1.29 bits per heavy atom. The molecule has 0 radical (unpaired) electrons. The molecule has 3 rings (SSSR count). The van der Waals surface area contributed by atoms with Gasteiger partial charge in [-0.15, -0.1) is 0 Å². The number of carboxylic acids is 1. The van der Waals surface area contributed by atoms with E-state index >= 15 is 0 Å². The zero-order chi connectivity index (χ0) is 14.8. The van der Waals surface area contributed by atoms with Crippen molar-refractivity contribution < 1.29 is 19.4 Å². The second-order valence-electron chi connectivity index (χ2n) is 5.28. The lowest BCUT2D eigenvalue weighted by atomic mass is 9.86. The molecule has 0 amide bonds. The van der Waals surface area contributed by atoms with Crippen molar-refractivity contribution in [1.29, 1.82) is 0 Å². The highest BCUT2D eigenvalue weighted by Crippen LogP contribution is 2.42. The van der Waals surface area contributed by atoms with Crippen LogP contribution >= 0.6 is 0 Å². The van der Waals surface area contributed by atoms with Gasteiger partial charge in [-0.1, -0.05) is 30.3 Å². The summed E-state index contributed by atoms with van der Waals surface area (Å²) in [5.41, 5.74) is 0.850. The van der Waals surface area contributed by atoms with E-state index in [1.54, 1.807) is 7.11 Å². The second kappa shape index (κ2) is 5.74. The van der Waals surface area contributed by atoms with Gasteiger partial charge in [0.15, 0.2) is 0 Å². The maximum atomic E-state index is 11.6. The summed E-state index contributed by atoms with van der Waals surface area (Å²) < 4.78 is 11.3. The average Bonchev–Trinajstić information content (AvgIpc) is 2.53. The molecule has 0 bridgehead atoms. The number of benzene rings is 2. The molecule has 0 saturated carbocycles. The second-order valence-corrected chi connectivity index (χ2v) is 5.28. The summed E-state index contributed by atoms with van der Waals surface area (Å²) >= 11 is 0. The van der Waals surface area contributed by atoms with Crippen molar-refractivity contribution in [2.75, 3.05) is 13.7 Å². The maximum absolute atomic E-state index is 11.6. The molecule has 2 atom stereocenters. The first-order valence-electron chi connectivity index (χ1n) is 7.12. The van der Waals surface area contributed by atoms with Crippen LogP contribution in [0.1, 0.15) is 24.5 Å². The Hall–Kier alpha value is -2.07. The van der Waals surface area contributed by atoms with Crippen molar-refractivity contribution in [2.24, 2.45) is 5.92 Å². The Labute approximate surface area is 123 Å². The molecule has 1 aliphatic rings. The van der Waals surface area contributed by atoms with Crippen molar-refractivity contribution in [1.82, 2.24) is 0 Å². The van der Waals surface area contributed by atoms with E-state index in [1.165, 1.54) is 0 Å². The predicted octanol–water partition coefficient (Wildman–Crippen LogP) is 3.40. The van der Waals surface area contributed by atoms with E-state index in [-0.39, 0.29) is 0 Å². The fourth-order valence-corrected chi connectivity index (χ4v) is 3.07. The Morgan fingerprint density at radius 3 is 2.86 bits per heavy atom. The van der Waals surface area contributed by atoms with Gasteiger partial charge in [0.1, 0.15) is 5.75 Å². The fraction of sp³-hybridized carbons (Fsp3) is 0.353. The summed E-state index contributed by atoms with van der Waals surface area (Å²) in [6.07, 6.45) is 0.949. The molecule has 1 N–H and O–H groups in total. The minimum absolute atomic E-state index is 0.461. The molecule has 1 heterocycles. The first-order valence-corrected chi connectivity index (χ1v) is 7.12. The number of carboxylic acid groups (broad SMARTS) is 1. The third-order valence-electron chi connectivity index (χ3n) is 4.07. The number of carbonyl (C=O) groups is 1. The van der Waals surface area contributed by atoms with E-state index in [1.807, 2.05) is 36.4 Å². The Kier molecular flexibility index (Phi) is 3.80. The predicted molar refractivity (Wildman–Crippen MR) is 79.6 cm³/mol. The summed E-state index contributed by atoms with van der Waals surface area (Å²) in [7, 11) is 1.60. The monoisotopic (exact) mass is 286 g/mol. The molecule has 2 aromatic rings. The summed E-state index contributed by atoms with van der Waals surface area (Å²) in [5.74, 6) is -0.653. The van der Waals surface area contributed by atoms with E-state index < -0.39 is 18.0 Å². The molecule has 2 aromatic carbocycles. The average molecular weight is 286 g/mol. The van der Waals surface area contributed by atoms with E-state index in [9.17, 15) is 9.90 Å². The van der Waals surface area contributed by atoms with Gasteiger partial charge in [-0.25, -0.2) is 0 Å². The topological polar surface area (TPSA) is 55.8 Å². The van der Waals surface area contributed by atoms with Crippen LogP contribution in [0, 0.1) is 5.92 Å². The van der Waals surface area contributed by atoms with E-state index in [4.69, 9.17) is 9.47 Å². The number of methoxy groups -OCH3 is 1. The number of fused-ring (bicyclic) bond motifs is 1. The van der Waals surface area contributed by atoms with E-state index in [0.717, 1.165) is 22.8 Å². The molecule has 1 fully saturated rings. The molecule has 1 saturated heterocycles. The molecule has 21 heavy (non-hydrogen) atoms. The minimum atomic E-state index is -0.810. The molecule has 1 aliphatic heterocycles. The summed E-state index contributed by atoms with van der Waals surface area (Å²) in [4.78, 5) is 11.6. The van der Waals surface area contributed by atoms with Crippen LogP contribution in [0.15, 0.2) is 36.4 Å². The lowest BCUT2D eigenvalue weighted by Crippen LogP contribution is -2.29. The lowest BCUT2D eigenvalue weighted by Gasteiger charge is -2.31. The summed E-state index contributed by atoms with van der Waals surface area (Å²) in [5, 5.41) is 11.5. The smallest absolute Gasteiger partial charge is 0.309 e. The molecular formula is C17H18O4. The molecular weight excluding hydrogens is 268 g/mol. The molecule has 4 nitrogen and oxygen atoms in total. The van der Waals surface area contributed by atoms with Gasteiger partial charge in [-0.3, -0.25) is 4.79 Å². The van der Waals surface area contributed by atoms with E-state index in [2.05, 4.69) is 0 Å². The molecule has 0 spiro atoms. The third kappa shape index (κ3) is 2.47. The lowest BCUT2D eigenvalue weighted by molar-refractivity contribution is -0.151. The van der Waals surface area contributed by atoms with Gasteiger partial charge in [0.25, 0.3) is 0 Å². The highest BCUT2D eigenvalue weighted by Gasteiger charge is 2.35. The third-order valence-corrected chi connectivity index (χ3v) is 4.07. The van der Waals surface area contributed by atoms with Gasteiger partial charge >= 0.3 is 5.97 Å². The zero-order valence-corrected chi connectivity index (χ0v) is 11.9. The van der Waals surface area contributed by atoms with Crippen molar-refractivity contribution in [3.05, 3.63) is 42.0 Å². The van der Waals surface area contributed by atoms with Crippen LogP contribution in [0.2, 0.25) is 0 Å². The standard InChI is InChI=1S/C17H18O4/c1-20-14-9-8-11-5-2-3-6-12(11)15(14)16-13(17(18)19)7-4-10-21-16/h2-3,5-6,8-9,13,16H,4,7,10H2,1H3,(H,18,19). The van der Waals surface area contributed by atoms with Gasteiger partial charge in [0.05, 0.1) is 19.1 Å². The Morgan fingerprint density at radius 2 is 2.10 bits per heavy atom. The molecule has 0 aromatic heterocycles. The highest BCUT2D eigenvalue weighted by molar-refractivity contribution is 5.89. The van der Waals surface area contributed by atoms with Crippen molar-refractivity contribution in [3.63, 3.8) is 0 Å². The number of rotatable bonds is 3. The number of ether oxygens (including phenoxy) is 2. The van der Waals surface area contributed by atoms with Gasteiger partial charge in [0, 0.05) is 12.2 Å². The van der Waals surface area contributed by atoms with Crippen LogP contribution in [-0.4, -0.2) is 24.8 Å². The van der Waals surface area contributed by atoms with Crippen molar-refractivity contribution in [2.45, 2.75) is 18.9 Å². The van der Waals surface area contributed by atoms with Crippen molar-refractivity contribution >= 4 is 16.7 Å². The molecule has 0 aliphatic carbocycles. The first-order chi connectivity index (χ1) is 10.2. The summed E-state index contributed by atoms with van der Waals surface area (Å²) in [6.45, 7) is 0.584. The number of aliphatic carboxylic acids is 1. The SMILES string of the molecule is COc1ccc2ccccc2c1C1OCCCC1C(=O)O. The maximum Gasteiger partial charge on any atom is 0.309 e. The Balaban J connectivity index is 2.19. The molecule has 2 unspecified atom stereocenters. The molecule has 110 valence electrons. The van der Waals surface area contributed by atoms with Gasteiger partial charge < -0.3 is 14.6 Å². The van der Waals surface area contributed by atoms with Crippen LogP contribution in [0.5, 0.6) is 5.75 Å². The number of hydrogen-bond acceptors (Lipinski definition) is 3. The van der Waals surface area contributed by atoms with Gasteiger partial charge in [0.2, 0.25) is 0 Å².